The van der Waals surface area contributed by atoms with E-state index < -0.39 is 17.5 Å². The summed E-state index contributed by atoms with van der Waals surface area (Å²) in [5.74, 6) is -0.645. The number of carbonyl (C=O) groups is 3. The zero-order valence-corrected chi connectivity index (χ0v) is 13.6. The largest absolute Gasteiger partial charge is 0.325 e. The lowest BCUT2D eigenvalue weighted by atomic mass is 9.91. The lowest BCUT2D eigenvalue weighted by molar-refractivity contribution is -0.130. The molecule has 1 atom stereocenters. The third-order valence-corrected chi connectivity index (χ3v) is 4.91. The van der Waals surface area contributed by atoms with Crippen LogP contribution in [0.2, 0.25) is 0 Å². The van der Waals surface area contributed by atoms with Crippen LogP contribution in [0.25, 0.3) is 0 Å². The Labute approximate surface area is 137 Å². The SMILES string of the molecule is Cc1ccc([C@]2(C)NC(=O)N(CC(=O)c3cccs3)C2=O)cc1. The molecule has 1 aliphatic heterocycles. The number of thiophene rings is 1. The van der Waals surface area contributed by atoms with Gasteiger partial charge in [0, 0.05) is 0 Å². The number of Topliss-reactive ketones (excluding diaryl/α,β-unsaturated/α-hetero) is 1. The molecule has 0 saturated carbocycles. The topological polar surface area (TPSA) is 66.5 Å². The number of hydrogen-bond acceptors (Lipinski definition) is 4. The molecule has 3 amide bonds. The number of rotatable bonds is 4. The number of amides is 3. The van der Waals surface area contributed by atoms with Gasteiger partial charge in [0.2, 0.25) is 0 Å². The van der Waals surface area contributed by atoms with Crippen molar-refractivity contribution in [3.05, 3.63) is 57.8 Å². The minimum Gasteiger partial charge on any atom is -0.319 e. The highest BCUT2D eigenvalue weighted by Gasteiger charge is 2.49. The van der Waals surface area contributed by atoms with Crippen LogP contribution in [0.3, 0.4) is 0 Å². The highest BCUT2D eigenvalue weighted by molar-refractivity contribution is 7.12. The van der Waals surface area contributed by atoms with Gasteiger partial charge in [-0.3, -0.25) is 14.5 Å². The number of benzene rings is 1. The van der Waals surface area contributed by atoms with Gasteiger partial charge in [-0.25, -0.2) is 4.79 Å². The van der Waals surface area contributed by atoms with E-state index in [2.05, 4.69) is 5.32 Å². The minimum atomic E-state index is -1.14. The Balaban J connectivity index is 1.85. The predicted molar refractivity (Wildman–Crippen MR) is 87.4 cm³/mol. The Kier molecular flexibility index (Phi) is 3.77. The van der Waals surface area contributed by atoms with Crippen molar-refractivity contribution in [1.82, 2.24) is 10.2 Å². The van der Waals surface area contributed by atoms with Gasteiger partial charge in [0.25, 0.3) is 5.91 Å². The molecule has 23 heavy (non-hydrogen) atoms. The normalized spacial score (nSPS) is 20.7. The molecule has 0 radical (unpaired) electrons. The Bertz CT molecular complexity index is 768. The van der Waals surface area contributed by atoms with Crippen LogP contribution in [0.5, 0.6) is 0 Å². The van der Waals surface area contributed by atoms with Crippen molar-refractivity contribution in [3.8, 4) is 0 Å². The number of nitrogens with one attached hydrogen (secondary N) is 1. The summed E-state index contributed by atoms with van der Waals surface area (Å²) in [6, 6.07) is 10.3. The van der Waals surface area contributed by atoms with Crippen LogP contribution in [0, 0.1) is 6.92 Å². The average Bonchev–Trinajstić information content (AvgIpc) is 3.12. The van der Waals surface area contributed by atoms with E-state index in [1.165, 1.54) is 11.3 Å². The second-order valence-electron chi connectivity index (χ2n) is 5.71. The highest BCUT2D eigenvalue weighted by Crippen LogP contribution is 2.29. The molecule has 1 aromatic heterocycles. The van der Waals surface area contributed by atoms with Gasteiger partial charge < -0.3 is 5.32 Å². The van der Waals surface area contributed by atoms with Crippen LogP contribution >= 0.6 is 11.3 Å². The smallest absolute Gasteiger partial charge is 0.319 e. The van der Waals surface area contributed by atoms with E-state index in [0.29, 0.717) is 10.4 Å². The predicted octanol–water partition coefficient (Wildman–Crippen LogP) is 2.71. The fourth-order valence-corrected chi connectivity index (χ4v) is 3.24. The first kappa shape index (κ1) is 15.4. The van der Waals surface area contributed by atoms with Gasteiger partial charge >= 0.3 is 6.03 Å². The third kappa shape index (κ3) is 2.66. The monoisotopic (exact) mass is 328 g/mol. The van der Waals surface area contributed by atoms with Gasteiger partial charge in [-0.1, -0.05) is 35.9 Å². The van der Waals surface area contributed by atoms with Crippen LogP contribution < -0.4 is 5.32 Å². The lowest BCUT2D eigenvalue weighted by Gasteiger charge is -2.22. The van der Waals surface area contributed by atoms with E-state index in [0.717, 1.165) is 10.5 Å². The number of hydrogen-bond donors (Lipinski definition) is 1. The fraction of sp³-hybridized carbons (Fsp3) is 0.235. The first-order valence-corrected chi connectivity index (χ1v) is 8.08. The summed E-state index contributed by atoms with van der Waals surface area (Å²) in [6.07, 6.45) is 0. The second kappa shape index (κ2) is 5.62. The van der Waals surface area contributed by atoms with Gasteiger partial charge in [-0.05, 0) is 30.9 Å². The third-order valence-electron chi connectivity index (χ3n) is 4.00. The molecule has 0 aliphatic carbocycles. The molecular formula is C17H16N2O3S. The maximum atomic E-state index is 12.7. The molecule has 0 bridgehead atoms. The van der Waals surface area contributed by atoms with Crippen molar-refractivity contribution in [3.63, 3.8) is 0 Å². The first-order valence-electron chi connectivity index (χ1n) is 7.20. The van der Waals surface area contributed by atoms with Gasteiger partial charge in [0.1, 0.15) is 5.54 Å². The average molecular weight is 328 g/mol. The van der Waals surface area contributed by atoms with Crippen LogP contribution in [0.4, 0.5) is 4.79 Å². The molecule has 2 heterocycles. The summed E-state index contributed by atoms with van der Waals surface area (Å²) in [4.78, 5) is 38.6. The second-order valence-corrected chi connectivity index (χ2v) is 6.66. The molecule has 0 unspecified atom stereocenters. The molecular weight excluding hydrogens is 312 g/mol. The van der Waals surface area contributed by atoms with E-state index in [9.17, 15) is 14.4 Å². The number of carbonyl (C=O) groups excluding carboxylic acids is 3. The van der Waals surface area contributed by atoms with Crippen molar-refractivity contribution in [2.75, 3.05) is 6.54 Å². The zero-order chi connectivity index (χ0) is 16.6. The maximum absolute atomic E-state index is 12.7. The Hall–Kier alpha value is -2.47. The molecule has 118 valence electrons. The van der Waals surface area contributed by atoms with Gasteiger partial charge in [-0.15, -0.1) is 11.3 Å². The standard InChI is InChI=1S/C17H16N2O3S/c1-11-5-7-12(8-6-11)17(2)15(21)19(16(22)18-17)10-13(20)14-4-3-9-23-14/h3-9H,10H2,1-2H3,(H,18,22)/t17-/m0/s1. The van der Waals surface area contributed by atoms with E-state index in [1.54, 1.807) is 24.4 Å². The molecule has 5 nitrogen and oxygen atoms in total. The molecule has 1 N–H and O–H groups in total. The Morgan fingerprint density at radius 1 is 1.22 bits per heavy atom. The van der Waals surface area contributed by atoms with E-state index >= 15 is 0 Å². The van der Waals surface area contributed by atoms with E-state index in [-0.39, 0.29) is 12.3 Å². The molecule has 2 aromatic rings. The maximum Gasteiger partial charge on any atom is 0.325 e. The molecule has 1 aromatic carbocycles. The van der Waals surface area contributed by atoms with Crippen molar-refractivity contribution in [2.45, 2.75) is 19.4 Å². The number of urea groups is 1. The molecule has 1 fully saturated rings. The molecule has 1 saturated heterocycles. The summed E-state index contributed by atoms with van der Waals surface area (Å²) in [5, 5.41) is 4.49. The van der Waals surface area contributed by atoms with Crippen molar-refractivity contribution in [2.24, 2.45) is 0 Å². The van der Waals surface area contributed by atoms with Crippen LogP contribution in [-0.2, 0) is 10.3 Å². The minimum absolute atomic E-state index is 0.239. The van der Waals surface area contributed by atoms with Crippen molar-refractivity contribution < 1.29 is 14.4 Å². The zero-order valence-electron chi connectivity index (χ0n) is 12.8. The van der Waals surface area contributed by atoms with E-state index in [1.807, 2.05) is 31.2 Å². The summed E-state index contributed by atoms with van der Waals surface area (Å²) < 4.78 is 0. The fourth-order valence-electron chi connectivity index (χ4n) is 2.58. The summed E-state index contributed by atoms with van der Waals surface area (Å²) in [6.45, 7) is 3.37. The summed E-state index contributed by atoms with van der Waals surface area (Å²) in [7, 11) is 0. The first-order chi connectivity index (χ1) is 10.9. The Morgan fingerprint density at radius 3 is 2.52 bits per heavy atom. The van der Waals surface area contributed by atoms with Gasteiger partial charge in [0.15, 0.2) is 5.78 Å². The number of ketones is 1. The van der Waals surface area contributed by atoms with E-state index in [4.69, 9.17) is 0 Å². The Morgan fingerprint density at radius 2 is 1.91 bits per heavy atom. The van der Waals surface area contributed by atoms with Gasteiger partial charge in [0.05, 0.1) is 11.4 Å². The summed E-state index contributed by atoms with van der Waals surface area (Å²) in [5.41, 5.74) is 0.631. The lowest BCUT2D eigenvalue weighted by Crippen LogP contribution is -2.41. The molecule has 0 spiro atoms. The number of nitrogens with zero attached hydrogens (tertiary/aromatic N) is 1. The van der Waals surface area contributed by atoms with Crippen LogP contribution in [-0.4, -0.2) is 29.2 Å². The number of imide groups is 1. The molecule has 6 heteroatoms. The van der Waals surface area contributed by atoms with Crippen molar-refractivity contribution in [1.29, 1.82) is 0 Å². The van der Waals surface area contributed by atoms with Crippen molar-refractivity contribution >= 4 is 29.1 Å². The van der Waals surface area contributed by atoms with Crippen LogP contribution in [0.1, 0.15) is 27.7 Å². The number of aryl methyl sites for hydroxylation is 1. The molecule has 1 aliphatic rings. The summed E-state index contributed by atoms with van der Waals surface area (Å²) >= 11 is 1.30. The van der Waals surface area contributed by atoms with Gasteiger partial charge in [-0.2, -0.15) is 0 Å². The van der Waals surface area contributed by atoms with Crippen LogP contribution in [0.15, 0.2) is 41.8 Å². The quantitative estimate of drug-likeness (QED) is 0.693. The molecule has 3 rings (SSSR count). The highest BCUT2D eigenvalue weighted by atomic mass is 32.1.